The van der Waals surface area contributed by atoms with E-state index in [0.29, 0.717) is 0 Å². The van der Waals surface area contributed by atoms with Crippen LogP contribution in [0.25, 0.3) is 0 Å². The number of rotatable bonds is 4. The molecule has 1 rings (SSSR count). The van der Waals surface area contributed by atoms with Crippen molar-refractivity contribution >= 4 is 5.78 Å². The molecule has 0 heterocycles. The molecule has 0 aliphatic heterocycles. The molecule has 15 heavy (non-hydrogen) atoms. The number of likely N-dealkylation sites (N-methyl/N-ethyl adjacent to an activating group) is 1. The molecular formula is C10H12FNO3. The number of ketones is 1. The number of halogens is 1. The lowest BCUT2D eigenvalue weighted by Gasteiger charge is -2.07. The third kappa shape index (κ3) is 2.44. The largest absolute Gasteiger partial charge is 0.504 e. The topological polar surface area (TPSA) is 58.6 Å². The Morgan fingerprint density at radius 3 is 2.80 bits per heavy atom. The van der Waals surface area contributed by atoms with Crippen molar-refractivity contribution in [1.82, 2.24) is 5.32 Å². The second-order valence-electron chi connectivity index (χ2n) is 2.96. The molecule has 0 radical (unpaired) electrons. The van der Waals surface area contributed by atoms with Crippen molar-refractivity contribution in [2.24, 2.45) is 0 Å². The zero-order valence-corrected chi connectivity index (χ0v) is 8.50. The summed E-state index contributed by atoms with van der Waals surface area (Å²) in [5.41, 5.74) is -0.150. The average molecular weight is 213 g/mol. The predicted octanol–water partition coefficient (Wildman–Crippen LogP) is 0.942. The molecule has 0 spiro atoms. The molecule has 0 aromatic heterocycles. The highest BCUT2D eigenvalue weighted by atomic mass is 19.1. The van der Waals surface area contributed by atoms with Gasteiger partial charge in [-0.05, 0) is 13.1 Å². The number of aromatic hydroxyl groups is 1. The number of nitrogens with one attached hydrogen (secondary N) is 1. The predicted molar refractivity (Wildman–Crippen MR) is 52.9 cm³/mol. The minimum atomic E-state index is -0.704. The summed E-state index contributed by atoms with van der Waals surface area (Å²) >= 11 is 0. The van der Waals surface area contributed by atoms with Crippen LogP contribution in [0.15, 0.2) is 12.1 Å². The number of Topliss-reactive ketones (excluding diaryl/α,β-unsaturated/α-hetero) is 1. The summed E-state index contributed by atoms with van der Waals surface area (Å²) in [5.74, 6) is -1.37. The van der Waals surface area contributed by atoms with Crippen molar-refractivity contribution in [1.29, 1.82) is 0 Å². The van der Waals surface area contributed by atoms with E-state index in [9.17, 15) is 14.3 Å². The Morgan fingerprint density at radius 2 is 2.27 bits per heavy atom. The Morgan fingerprint density at radius 1 is 1.60 bits per heavy atom. The fourth-order valence-electron chi connectivity index (χ4n) is 1.18. The third-order valence-corrected chi connectivity index (χ3v) is 1.91. The maximum absolute atomic E-state index is 13.4. The third-order valence-electron chi connectivity index (χ3n) is 1.91. The first-order valence-corrected chi connectivity index (χ1v) is 4.34. The number of carbonyl (C=O) groups excluding carboxylic acids is 1. The van der Waals surface area contributed by atoms with Crippen LogP contribution < -0.4 is 10.1 Å². The number of phenolic OH excluding ortho intramolecular Hbond substituents is 1. The SMILES string of the molecule is CNCC(=O)c1cc(O)c(OC)cc1F. The van der Waals surface area contributed by atoms with Gasteiger partial charge in [-0.15, -0.1) is 0 Å². The van der Waals surface area contributed by atoms with Gasteiger partial charge in [-0.3, -0.25) is 4.79 Å². The molecule has 0 atom stereocenters. The number of hydrogen-bond acceptors (Lipinski definition) is 4. The van der Waals surface area contributed by atoms with Gasteiger partial charge in [0.1, 0.15) is 5.82 Å². The number of methoxy groups -OCH3 is 1. The van der Waals surface area contributed by atoms with E-state index in [1.54, 1.807) is 7.05 Å². The van der Waals surface area contributed by atoms with E-state index >= 15 is 0 Å². The first kappa shape index (κ1) is 11.5. The van der Waals surface area contributed by atoms with Gasteiger partial charge >= 0.3 is 0 Å². The maximum Gasteiger partial charge on any atom is 0.179 e. The highest BCUT2D eigenvalue weighted by Crippen LogP contribution is 2.28. The van der Waals surface area contributed by atoms with Crippen LogP contribution in [0.4, 0.5) is 4.39 Å². The summed E-state index contributed by atoms with van der Waals surface area (Å²) in [6.45, 7) is 0.0166. The molecule has 0 amide bonds. The Labute approximate surface area is 86.7 Å². The molecule has 1 aromatic carbocycles. The zero-order valence-electron chi connectivity index (χ0n) is 8.50. The minimum absolute atomic E-state index is 0.00788. The van der Waals surface area contributed by atoms with E-state index in [2.05, 4.69) is 5.32 Å². The van der Waals surface area contributed by atoms with E-state index in [4.69, 9.17) is 4.74 Å². The molecule has 0 unspecified atom stereocenters. The van der Waals surface area contributed by atoms with Gasteiger partial charge in [-0.25, -0.2) is 4.39 Å². The summed E-state index contributed by atoms with van der Waals surface area (Å²) in [4.78, 5) is 11.4. The smallest absolute Gasteiger partial charge is 0.179 e. The van der Waals surface area contributed by atoms with Crippen LogP contribution in [-0.4, -0.2) is 31.6 Å². The van der Waals surface area contributed by atoms with E-state index in [-0.39, 0.29) is 23.6 Å². The first-order chi connectivity index (χ1) is 7.10. The molecule has 0 saturated heterocycles. The molecule has 1 aromatic rings. The molecule has 0 aliphatic rings. The van der Waals surface area contributed by atoms with Crippen molar-refractivity contribution in [3.05, 3.63) is 23.5 Å². The second kappa shape index (κ2) is 4.75. The van der Waals surface area contributed by atoms with Crippen molar-refractivity contribution in [3.8, 4) is 11.5 Å². The quantitative estimate of drug-likeness (QED) is 0.731. The van der Waals surface area contributed by atoms with Crippen molar-refractivity contribution < 1.29 is 19.0 Å². The highest BCUT2D eigenvalue weighted by Gasteiger charge is 2.15. The zero-order chi connectivity index (χ0) is 11.4. The van der Waals surface area contributed by atoms with Crippen LogP contribution in [-0.2, 0) is 0 Å². The van der Waals surface area contributed by atoms with Crippen LogP contribution in [0.3, 0.4) is 0 Å². The Bertz CT molecular complexity index is 379. The summed E-state index contributed by atoms with van der Waals surface area (Å²) in [6, 6.07) is 2.05. The second-order valence-corrected chi connectivity index (χ2v) is 2.96. The van der Waals surface area contributed by atoms with E-state index in [1.807, 2.05) is 0 Å². The number of ether oxygens (including phenoxy) is 1. The number of benzene rings is 1. The molecule has 4 nitrogen and oxygen atoms in total. The lowest BCUT2D eigenvalue weighted by atomic mass is 10.1. The van der Waals surface area contributed by atoms with E-state index in [0.717, 1.165) is 12.1 Å². The highest BCUT2D eigenvalue weighted by molar-refractivity contribution is 5.98. The Hall–Kier alpha value is -1.62. The fraction of sp³-hybridized carbons (Fsp3) is 0.300. The van der Waals surface area contributed by atoms with Gasteiger partial charge in [0.2, 0.25) is 0 Å². The standard InChI is InChI=1S/C10H12FNO3/c1-12-5-9(14)6-3-8(13)10(15-2)4-7(6)11/h3-4,12-13H,5H2,1-2H3. The Balaban J connectivity index is 3.10. The molecule has 2 N–H and O–H groups in total. The minimum Gasteiger partial charge on any atom is -0.504 e. The summed E-state index contributed by atoms with van der Waals surface area (Å²) in [6.07, 6.45) is 0. The van der Waals surface area contributed by atoms with Gasteiger partial charge in [-0.1, -0.05) is 0 Å². The van der Waals surface area contributed by atoms with Crippen molar-refractivity contribution in [2.45, 2.75) is 0 Å². The summed E-state index contributed by atoms with van der Waals surface area (Å²) < 4.78 is 18.1. The van der Waals surface area contributed by atoms with Crippen LogP contribution in [0.1, 0.15) is 10.4 Å². The fourth-order valence-corrected chi connectivity index (χ4v) is 1.18. The van der Waals surface area contributed by atoms with Crippen LogP contribution in [0.5, 0.6) is 11.5 Å². The molecular weight excluding hydrogens is 201 g/mol. The van der Waals surface area contributed by atoms with Gasteiger partial charge in [0.15, 0.2) is 17.3 Å². The lowest BCUT2D eigenvalue weighted by Crippen LogP contribution is -2.19. The van der Waals surface area contributed by atoms with Gasteiger partial charge < -0.3 is 15.2 Å². The number of phenols is 1. The average Bonchev–Trinajstić information content (AvgIpc) is 2.21. The maximum atomic E-state index is 13.4. The Kier molecular flexibility index (Phi) is 3.62. The van der Waals surface area contributed by atoms with Gasteiger partial charge in [-0.2, -0.15) is 0 Å². The molecule has 82 valence electrons. The van der Waals surface area contributed by atoms with Crippen molar-refractivity contribution in [3.63, 3.8) is 0 Å². The first-order valence-electron chi connectivity index (χ1n) is 4.34. The molecule has 0 fully saturated rings. The number of hydrogen-bond donors (Lipinski definition) is 2. The molecule has 5 heteroatoms. The van der Waals surface area contributed by atoms with Crippen LogP contribution >= 0.6 is 0 Å². The molecule has 0 aliphatic carbocycles. The normalized spacial score (nSPS) is 10.1. The van der Waals surface area contributed by atoms with Gasteiger partial charge in [0, 0.05) is 6.07 Å². The van der Waals surface area contributed by atoms with Crippen molar-refractivity contribution in [2.75, 3.05) is 20.7 Å². The molecule has 0 saturated carbocycles. The van der Waals surface area contributed by atoms with E-state index < -0.39 is 11.6 Å². The lowest BCUT2D eigenvalue weighted by molar-refractivity contribution is 0.0989. The number of carbonyl (C=O) groups is 1. The monoisotopic (exact) mass is 213 g/mol. The van der Waals surface area contributed by atoms with Gasteiger partial charge in [0.25, 0.3) is 0 Å². The summed E-state index contributed by atoms with van der Waals surface area (Å²) in [7, 11) is 2.89. The van der Waals surface area contributed by atoms with E-state index in [1.165, 1.54) is 7.11 Å². The van der Waals surface area contributed by atoms with Crippen LogP contribution in [0.2, 0.25) is 0 Å². The summed E-state index contributed by atoms with van der Waals surface area (Å²) in [5, 5.41) is 12.0. The van der Waals surface area contributed by atoms with Gasteiger partial charge in [0.05, 0.1) is 19.2 Å². The van der Waals surface area contributed by atoms with Crippen LogP contribution in [0, 0.1) is 5.82 Å². The molecule has 0 bridgehead atoms.